The van der Waals surface area contributed by atoms with Crippen molar-refractivity contribution in [3.05, 3.63) is 65.7 Å². The molecular formula is C26H40N4. The summed E-state index contributed by atoms with van der Waals surface area (Å²) in [4.78, 5) is 15.9. The third-order valence-corrected chi connectivity index (χ3v) is 5.00. The largest absolute Gasteiger partial charge is 0.344 e. The van der Waals surface area contributed by atoms with Gasteiger partial charge in [-0.05, 0) is 56.7 Å². The molecule has 0 aliphatic carbocycles. The Morgan fingerprint density at radius 1 is 1.10 bits per heavy atom. The van der Waals surface area contributed by atoms with Crippen LogP contribution in [0, 0.1) is 0 Å². The summed E-state index contributed by atoms with van der Waals surface area (Å²) in [5.41, 5.74) is 5.51. The van der Waals surface area contributed by atoms with E-state index in [-0.39, 0.29) is 0 Å². The van der Waals surface area contributed by atoms with Crippen molar-refractivity contribution in [3.8, 4) is 0 Å². The lowest BCUT2D eigenvalue weighted by atomic mass is 9.92. The van der Waals surface area contributed by atoms with E-state index in [2.05, 4.69) is 54.4 Å². The van der Waals surface area contributed by atoms with Crippen LogP contribution in [-0.2, 0) is 6.42 Å². The topological polar surface area (TPSA) is 41.4 Å². The van der Waals surface area contributed by atoms with Crippen molar-refractivity contribution in [1.29, 1.82) is 0 Å². The first-order chi connectivity index (χ1) is 14.5. The average Bonchev–Trinajstić information content (AvgIpc) is 2.76. The van der Waals surface area contributed by atoms with Crippen LogP contribution in [0.15, 0.2) is 65.1 Å². The molecule has 1 aromatic heterocycles. The van der Waals surface area contributed by atoms with Crippen LogP contribution in [0.3, 0.4) is 0 Å². The molecule has 0 aliphatic heterocycles. The molecule has 0 aromatic carbocycles. The molecule has 1 heterocycles. The molecule has 0 N–H and O–H groups in total. The number of hydrogen-bond acceptors (Lipinski definition) is 4. The van der Waals surface area contributed by atoms with Crippen molar-refractivity contribution in [1.82, 2.24) is 9.97 Å². The van der Waals surface area contributed by atoms with Crippen LogP contribution in [0.2, 0.25) is 0 Å². The summed E-state index contributed by atoms with van der Waals surface area (Å²) < 4.78 is 0. The number of anilines is 1. The molecule has 1 rings (SSSR count). The van der Waals surface area contributed by atoms with Crippen LogP contribution in [0.4, 0.5) is 5.95 Å². The highest BCUT2D eigenvalue weighted by Crippen LogP contribution is 2.23. The first-order valence-corrected chi connectivity index (χ1v) is 11.2. The predicted molar refractivity (Wildman–Crippen MR) is 132 cm³/mol. The molecule has 1 aromatic rings. The number of rotatable bonds is 13. The summed E-state index contributed by atoms with van der Waals surface area (Å²) in [7, 11) is 2.04. The van der Waals surface area contributed by atoms with Gasteiger partial charge in [0.1, 0.15) is 0 Å². The number of aromatic nitrogens is 2. The molecule has 0 unspecified atom stereocenters. The summed E-state index contributed by atoms with van der Waals surface area (Å²) in [6.07, 6.45) is 18.2. The Labute approximate surface area is 184 Å². The van der Waals surface area contributed by atoms with Gasteiger partial charge in [0.2, 0.25) is 5.95 Å². The quantitative estimate of drug-likeness (QED) is 0.264. The molecule has 0 aliphatic rings. The fourth-order valence-electron chi connectivity index (χ4n) is 3.12. The Bertz CT molecular complexity index is 767. The maximum Gasteiger partial charge on any atom is 0.224 e. The van der Waals surface area contributed by atoms with Gasteiger partial charge in [0.25, 0.3) is 0 Å². The Balaban J connectivity index is 3.11. The van der Waals surface area contributed by atoms with Gasteiger partial charge in [-0.2, -0.15) is 0 Å². The fraction of sp³-hybridized carbons (Fsp3) is 0.500. The third-order valence-electron chi connectivity index (χ3n) is 5.00. The molecule has 164 valence electrons. The predicted octanol–water partition coefficient (Wildman–Crippen LogP) is 6.87. The normalized spacial score (nSPS) is 13.2. The maximum atomic E-state index is 4.70. The highest BCUT2D eigenvalue weighted by atomic mass is 15.2. The summed E-state index contributed by atoms with van der Waals surface area (Å²) in [5, 5.41) is 0. The Hall–Kier alpha value is -2.49. The zero-order chi connectivity index (χ0) is 22.4. The maximum absolute atomic E-state index is 4.70. The molecule has 0 atom stereocenters. The van der Waals surface area contributed by atoms with Crippen molar-refractivity contribution in [2.45, 2.75) is 73.1 Å². The van der Waals surface area contributed by atoms with Crippen LogP contribution >= 0.6 is 0 Å². The van der Waals surface area contributed by atoms with Crippen LogP contribution in [0.1, 0.15) is 72.3 Å². The molecule has 4 heteroatoms. The first-order valence-electron chi connectivity index (χ1n) is 11.2. The lowest BCUT2D eigenvalue weighted by molar-refractivity contribution is 0.749. The van der Waals surface area contributed by atoms with Crippen molar-refractivity contribution in [2.75, 3.05) is 18.5 Å². The van der Waals surface area contributed by atoms with Crippen molar-refractivity contribution in [2.24, 2.45) is 4.99 Å². The lowest BCUT2D eigenvalue weighted by Gasteiger charge is -2.17. The van der Waals surface area contributed by atoms with E-state index in [1.54, 1.807) is 0 Å². The molecule has 0 radical (unpaired) electrons. The third kappa shape index (κ3) is 8.48. The van der Waals surface area contributed by atoms with Crippen molar-refractivity contribution >= 4 is 11.7 Å². The molecule has 0 spiro atoms. The molecule has 0 amide bonds. The number of allylic oxidation sites excluding steroid dienone is 6. The molecule has 0 saturated carbocycles. The number of unbranched alkanes of at least 4 members (excludes halogenated alkanes) is 2. The van der Waals surface area contributed by atoms with Gasteiger partial charge in [-0.25, -0.2) is 9.97 Å². The smallest absolute Gasteiger partial charge is 0.224 e. The minimum atomic E-state index is 0.657. The number of hydrogen-bond donors (Lipinski definition) is 0. The summed E-state index contributed by atoms with van der Waals surface area (Å²) >= 11 is 0. The second-order valence-electron chi connectivity index (χ2n) is 7.68. The molecule has 30 heavy (non-hydrogen) atoms. The van der Waals surface area contributed by atoms with E-state index in [4.69, 9.17) is 4.99 Å². The minimum absolute atomic E-state index is 0.657. The monoisotopic (exact) mass is 408 g/mol. The molecule has 4 nitrogen and oxygen atoms in total. The molecule has 0 fully saturated rings. The second kappa shape index (κ2) is 14.5. The van der Waals surface area contributed by atoms with Crippen molar-refractivity contribution in [3.63, 3.8) is 0 Å². The first kappa shape index (κ1) is 25.5. The van der Waals surface area contributed by atoms with E-state index >= 15 is 0 Å². The Kier molecular flexibility index (Phi) is 12.3. The highest BCUT2D eigenvalue weighted by Gasteiger charge is 2.13. The van der Waals surface area contributed by atoms with E-state index in [0.29, 0.717) is 6.42 Å². The van der Waals surface area contributed by atoms with Crippen LogP contribution in [0.5, 0.6) is 0 Å². The van der Waals surface area contributed by atoms with E-state index in [9.17, 15) is 0 Å². The van der Waals surface area contributed by atoms with Gasteiger partial charge in [0.15, 0.2) is 0 Å². The summed E-state index contributed by atoms with van der Waals surface area (Å²) in [6, 6.07) is 0. The summed E-state index contributed by atoms with van der Waals surface area (Å²) in [5.74, 6) is 0.767. The fourth-order valence-corrected chi connectivity index (χ4v) is 3.12. The summed E-state index contributed by atoms with van der Waals surface area (Å²) in [6.45, 7) is 16.0. The molecular weight excluding hydrogens is 368 g/mol. The Morgan fingerprint density at radius 2 is 1.77 bits per heavy atom. The molecule has 0 bridgehead atoms. The standard InChI is InChI=1S/C26H40N4/c1-8-12-15-21(5)24(14-10-3)22(6)25(27-16-11-4)18-23-19-28-26(29-20-23)30(7)17-13-9-2/h10-11,14,16,19-20H,6,8-9,12-13,15,17-18H2,1-5,7H3/b14-10-,16-11-,24-21-,27-25?. The molecule has 0 saturated heterocycles. The Morgan fingerprint density at radius 3 is 2.33 bits per heavy atom. The van der Waals surface area contributed by atoms with Gasteiger partial charge in [0.05, 0.1) is 5.71 Å². The van der Waals surface area contributed by atoms with Crippen LogP contribution in [0.25, 0.3) is 0 Å². The average molecular weight is 409 g/mol. The van der Waals surface area contributed by atoms with E-state index in [1.807, 2.05) is 45.6 Å². The number of aliphatic imine (C=N–C) groups is 1. The van der Waals surface area contributed by atoms with E-state index in [1.165, 1.54) is 24.0 Å². The second-order valence-corrected chi connectivity index (χ2v) is 7.68. The number of nitrogens with zero attached hydrogens (tertiary/aromatic N) is 4. The van der Waals surface area contributed by atoms with E-state index < -0.39 is 0 Å². The van der Waals surface area contributed by atoms with E-state index in [0.717, 1.165) is 48.6 Å². The lowest BCUT2D eigenvalue weighted by Crippen LogP contribution is -2.21. The SMILES string of the molecule is C=C(C(Cc1cnc(N(C)CCCC)nc1)=N/C=C\C)C(/C=C\C)=C(/C)CCCC. The van der Waals surface area contributed by atoms with Gasteiger partial charge in [-0.1, -0.05) is 57.1 Å². The zero-order valence-electron chi connectivity index (χ0n) is 19.9. The van der Waals surface area contributed by atoms with Gasteiger partial charge < -0.3 is 4.90 Å². The van der Waals surface area contributed by atoms with Gasteiger partial charge in [-0.15, -0.1) is 0 Å². The van der Waals surface area contributed by atoms with Crippen LogP contribution < -0.4 is 4.90 Å². The van der Waals surface area contributed by atoms with Gasteiger partial charge >= 0.3 is 0 Å². The van der Waals surface area contributed by atoms with Crippen LogP contribution in [-0.4, -0.2) is 29.3 Å². The highest BCUT2D eigenvalue weighted by molar-refractivity contribution is 6.05. The van der Waals surface area contributed by atoms with Gasteiger partial charge in [0, 0.05) is 38.6 Å². The zero-order valence-corrected chi connectivity index (χ0v) is 19.9. The van der Waals surface area contributed by atoms with Crippen molar-refractivity contribution < 1.29 is 0 Å². The van der Waals surface area contributed by atoms with Gasteiger partial charge in [-0.3, -0.25) is 4.99 Å². The minimum Gasteiger partial charge on any atom is -0.344 e.